The molecule has 0 saturated carbocycles. The lowest BCUT2D eigenvalue weighted by molar-refractivity contribution is -0.147. The van der Waals surface area contributed by atoms with Crippen LogP contribution in [-0.4, -0.2) is 12.0 Å². The molecule has 1 aromatic rings. The minimum atomic E-state index is -0.660. The molecule has 3 nitrogen and oxygen atoms in total. The van der Waals surface area contributed by atoms with E-state index in [0.29, 0.717) is 5.56 Å². The highest BCUT2D eigenvalue weighted by atomic mass is 19.1. The quantitative estimate of drug-likeness (QED) is 0.796. The summed E-state index contributed by atoms with van der Waals surface area (Å²) in [5.41, 5.74) is 5.95. The first-order valence-electron chi connectivity index (χ1n) is 5.18. The second-order valence-corrected chi connectivity index (χ2v) is 3.97. The molecule has 0 fully saturated rings. The molecule has 0 radical (unpaired) electrons. The highest BCUT2D eigenvalue weighted by Crippen LogP contribution is 2.09. The topological polar surface area (TPSA) is 52.3 Å². The standard InChI is InChI=1S/C12H16FNO2/c1-8(2)11(14)12(15)16-7-9-5-3-4-6-10(9)13/h3-6,8,11H,7,14H2,1-2H3/t11-/m1/s1. The first kappa shape index (κ1) is 12.6. The maximum absolute atomic E-state index is 13.2. The van der Waals surface area contributed by atoms with Crippen molar-refractivity contribution >= 4 is 5.97 Å². The van der Waals surface area contributed by atoms with Crippen molar-refractivity contribution in [1.29, 1.82) is 0 Å². The predicted octanol–water partition coefficient (Wildman–Crippen LogP) is 1.85. The van der Waals surface area contributed by atoms with Crippen LogP contribution in [-0.2, 0) is 16.1 Å². The highest BCUT2D eigenvalue weighted by Gasteiger charge is 2.18. The Hall–Kier alpha value is -1.42. The van der Waals surface area contributed by atoms with Gasteiger partial charge in [-0.25, -0.2) is 4.39 Å². The predicted molar refractivity (Wildman–Crippen MR) is 59.0 cm³/mol. The average Bonchev–Trinajstić information content (AvgIpc) is 2.26. The normalized spacial score (nSPS) is 12.6. The monoisotopic (exact) mass is 225 g/mol. The zero-order valence-corrected chi connectivity index (χ0v) is 9.44. The maximum Gasteiger partial charge on any atom is 0.323 e. The van der Waals surface area contributed by atoms with Crippen LogP contribution in [0.4, 0.5) is 4.39 Å². The fourth-order valence-corrected chi connectivity index (χ4v) is 1.13. The molecule has 1 atom stereocenters. The number of benzene rings is 1. The van der Waals surface area contributed by atoms with Crippen LogP contribution >= 0.6 is 0 Å². The van der Waals surface area contributed by atoms with Crippen molar-refractivity contribution in [2.45, 2.75) is 26.5 Å². The van der Waals surface area contributed by atoms with Crippen LogP contribution < -0.4 is 5.73 Å². The van der Waals surface area contributed by atoms with E-state index < -0.39 is 12.0 Å². The summed E-state index contributed by atoms with van der Waals surface area (Å²) in [7, 11) is 0. The van der Waals surface area contributed by atoms with Gasteiger partial charge in [-0.05, 0) is 12.0 Å². The van der Waals surface area contributed by atoms with Crippen LogP contribution in [0.2, 0.25) is 0 Å². The smallest absolute Gasteiger partial charge is 0.323 e. The molecule has 0 aliphatic heterocycles. The van der Waals surface area contributed by atoms with Crippen LogP contribution in [0.3, 0.4) is 0 Å². The van der Waals surface area contributed by atoms with Gasteiger partial charge in [0.1, 0.15) is 18.5 Å². The van der Waals surface area contributed by atoms with E-state index in [4.69, 9.17) is 10.5 Å². The van der Waals surface area contributed by atoms with E-state index in [1.807, 2.05) is 13.8 Å². The Bertz CT molecular complexity index is 366. The Kier molecular flexibility index (Phi) is 4.43. The molecule has 0 saturated heterocycles. The van der Waals surface area contributed by atoms with Gasteiger partial charge >= 0.3 is 5.97 Å². The van der Waals surface area contributed by atoms with E-state index in [0.717, 1.165) is 0 Å². The first-order valence-corrected chi connectivity index (χ1v) is 5.18. The van der Waals surface area contributed by atoms with E-state index in [9.17, 15) is 9.18 Å². The molecule has 0 heterocycles. The van der Waals surface area contributed by atoms with Gasteiger partial charge in [0.2, 0.25) is 0 Å². The van der Waals surface area contributed by atoms with E-state index in [1.54, 1.807) is 18.2 Å². The van der Waals surface area contributed by atoms with Crippen LogP contribution in [0.25, 0.3) is 0 Å². The van der Waals surface area contributed by atoms with Gasteiger partial charge in [0.25, 0.3) is 0 Å². The van der Waals surface area contributed by atoms with Gasteiger partial charge in [-0.1, -0.05) is 32.0 Å². The molecule has 0 spiro atoms. The summed E-state index contributed by atoms with van der Waals surface area (Å²) in [5.74, 6) is -0.875. The fourth-order valence-electron chi connectivity index (χ4n) is 1.13. The zero-order valence-electron chi connectivity index (χ0n) is 9.44. The number of esters is 1. The molecule has 0 aliphatic rings. The van der Waals surface area contributed by atoms with Gasteiger partial charge in [-0.2, -0.15) is 0 Å². The lowest BCUT2D eigenvalue weighted by Gasteiger charge is -2.14. The van der Waals surface area contributed by atoms with Gasteiger partial charge in [-0.15, -0.1) is 0 Å². The minimum absolute atomic E-state index is 0.00752. The average molecular weight is 225 g/mol. The maximum atomic E-state index is 13.2. The Morgan fingerprint density at radius 3 is 2.62 bits per heavy atom. The minimum Gasteiger partial charge on any atom is -0.460 e. The third-order valence-electron chi connectivity index (χ3n) is 2.32. The Labute approximate surface area is 94.4 Å². The molecule has 88 valence electrons. The first-order chi connectivity index (χ1) is 7.52. The lowest BCUT2D eigenvalue weighted by atomic mass is 10.1. The highest BCUT2D eigenvalue weighted by molar-refractivity contribution is 5.75. The van der Waals surface area contributed by atoms with Crippen LogP contribution in [0.5, 0.6) is 0 Å². The molecular formula is C12H16FNO2. The van der Waals surface area contributed by atoms with Crippen molar-refractivity contribution in [2.24, 2.45) is 11.7 Å². The van der Waals surface area contributed by atoms with Crippen LogP contribution in [0, 0.1) is 11.7 Å². The van der Waals surface area contributed by atoms with Gasteiger partial charge in [-0.3, -0.25) is 4.79 Å². The Morgan fingerprint density at radius 1 is 1.44 bits per heavy atom. The van der Waals surface area contributed by atoms with Crippen LogP contribution in [0.1, 0.15) is 19.4 Å². The Morgan fingerprint density at radius 2 is 2.06 bits per heavy atom. The number of rotatable bonds is 4. The fraction of sp³-hybridized carbons (Fsp3) is 0.417. The molecule has 0 aromatic heterocycles. The van der Waals surface area contributed by atoms with Crippen molar-refractivity contribution in [3.63, 3.8) is 0 Å². The number of hydrogen-bond donors (Lipinski definition) is 1. The molecule has 1 rings (SSSR count). The number of halogens is 1. The molecule has 4 heteroatoms. The molecule has 1 aromatic carbocycles. The molecule has 0 amide bonds. The summed E-state index contributed by atoms with van der Waals surface area (Å²) in [6.07, 6.45) is 0. The van der Waals surface area contributed by atoms with E-state index in [2.05, 4.69) is 0 Å². The summed E-state index contributed by atoms with van der Waals surface area (Å²) in [6, 6.07) is 5.51. The number of ether oxygens (including phenoxy) is 1. The summed E-state index contributed by atoms with van der Waals surface area (Å²) in [5, 5.41) is 0. The number of carbonyl (C=O) groups is 1. The summed E-state index contributed by atoms with van der Waals surface area (Å²) in [4.78, 5) is 11.4. The van der Waals surface area contributed by atoms with Gasteiger partial charge in [0, 0.05) is 5.56 Å². The van der Waals surface area contributed by atoms with Gasteiger partial charge < -0.3 is 10.5 Å². The molecule has 0 unspecified atom stereocenters. The second-order valence-electron chi connectivity index (χ2n) is 3.97. The summed E-state index contributed by atoms with van der Waals surface area (Å²) < 4.78 is 18.1. The van der Waals surface area contributed by atoms with E-state index in [-0.39, 0.29) is 18.3 Å². The number of nitrogens with two attached hydrogens (primary N) is 1. The summed E-state index contributed by atoms with van der Waals surface area (Å²) >= 11 is 0. The van der Waals surface area contributed by atoms with Crippen LogP contribution in [0.15, 0.2) is 24.3 Å². The van der Waals surface area contributed by atoms with Crippen molar-refractivity contribution in [3.05, 3.63) is 35.6 Å². The van der Waals surface area contributed by atoms with Gasteiger partial charge in [0.05, 0.1) is 0 Å². The van der Waals surface area contributed by atoms with Crippen molar-refractivity contribution in [2.75, 3.05) is 0 Å². The molecular weight excluding hydrogens is 209 g/mol. The second kappa shape index (κ2) is 5.61. The SMILES string of the molecule is CC(C)[C@@H](N)C(=O)OCc1ccccc1F. The third kappa shape index (κ3) is 3.31. The number of hydrogen-bond acceptors (Lipinski definition) is 3. The molecule has 0 aliphatic carbocycles. The summed E-state index contributed by atoms with van der Waals surface area (Å²) in [6.45, 7) is 3.58. The molecule has 0 bridgehead atoms. The Balaban J connectivity index is 2.52. The third-order valence-corrected chi connectivity index (χ3v) is 2.32. The van der Waals surface area contributed by atoms with Crippen molar-refractivity contribution < 1.29 is 13.9 Å². The van der Waals surface area contributed by atoms with Crippen molar-refractivity contribution in [1.82, 2.24) is 0 Å². The molecule has 16 heavy (non-hydrogen) atoms. The zero-order chi connectivity index (χ0) is 12.1. The van der Waals surface area contributed by atoms with Gasteiger partial charge in [0.15, 0.2) is 0 Å². The largest absolute Gasteiger partial charge is 0.460 e. The molecule has 2 N–H and O–H groups in total. The van der Waals surface area contributed by atoms with Crippen molar-refractivity contribution in [3.8, 4) is 0 Å². The van der Waals surface area contributed by atoms with E-state index >= 15 is 0 Å². The lowest BCUT2D eigenvalue weighted by Crippen LogP contribution is -2.36. The number of carbonyl (C=O) groups excluding carboxylic acids is 1. The van der Waals surface area contributed by atoms with E-state index in [1.165, 1.54) is 6.07 Å².